The van der Waals surface area contributed by atoms with E-state index in [0.29, 0.717) is 17.8 Å². The zero-order chi connectivity index (χ0) is 19.7. The van der Waals surface area contributed by atoms with Crippen LogP contribution in [0.25, 0.3) is 0 Å². The van der Waals surface area contributed by atoms with Gasteiger partial charge in [0.05, 0.1) is 5.41 Å². The van der Waals surface area contributed by atoms with E-state index in [1.54, 1.807) is 6.92 Å². The molecule has 4 heteroatoms. The first kappa shape index (κ1) is 19.5. The van der Waals surface area contributed by atoms with E-state index < -0.39 is 6.10 Å². The van der Waals surface area contributed by atoms with Gasteiger partial charge in [-0.1, -0.05) is 30.3 Å². The van der Waals surface area contributed by atoms with Crippen LogP contribution in [0.15, 0.2) is 30.3 Å². The van der Waals surface area contributed by atoms with E-state index >= 15 is 0 Å². The van der Waals surface area contributed by atoms with Crippen molar-refractivity contribution in [2.24, 2.45) is 23.2 Å². The Bertz CT molecular complexity index is 679. The van der Waals surface area contributed by atoms with Gasteiger partial charge in [0.2, 0.25) is 0 Å². The maximum Gasteiger partial charge on any atom is 0.312 e. The van der Waals surface area contributed by atoms with Gasteiger partial charge in [-0.3, -0.25) is 9.59 Å². The fourth-order valence-electron chi connectivity index (χ4n) is 6.16. The molecule has 1 aromatic rings. The molecule has 1 amide bonds. The average molecular weight is 384 g/mol. The first-order valence-corrected chi connectivity index (χ1v) is 11.0. The molecule has 4 fully saturated rings. The van der Waals surface area contributed by atoms with E-state index in [0.717, 1.165) is 32.1 Å². The molecule has 1 N–H and O–H groups in total. The molecule has 0 spiro atoms. The maximum atomic E-state index is 13.0. The van der Waals surface area contributed by atoms with Crippen molar-refractivity contribution in [1.29, 1.82) is 0 Å². The second-order valence-electron chi connectivity index (χ2n) is 9.68. The predicted molar refractivity (Wildman–Crippen MR) is 109 cm³/mol. The van der Waals surface area contributed by atoms with Gasteiger partial charge in [0.15, 0.2) is 6.10 Å². The number of hydrogen-bond acceptors (Lipinski definition) is 3. The molecule has 0 radical (unpaired) electrons. The Morgan fingerprint density at radius 1 is 1.04 bits per heavy atom. The monoisotopic (exact) mass is 383 g/mol. The fraction of sp³-hybridized carbons (Fsp3) is 0.667. The van der Waals surface area contributed by atoms with Gasteiger partial charge in [0.25, 0.3) is 5.91 Å². The molecular formula is C24H33NO3. The molecule has 0 unspecified atom stereocenters. The van der Waals surface area contributed by atoms with Crippen LogP contribution in [0.1, 0.15) is 64.4 Å². The first-order valence-electron chi connectivity index (χ1n) is 11.0. The summed E-state index contributed by atoms with van der Waals surface area (Å²) in [4.78, 5) is 25.5. The van der Waals surface area contributed by atoms with Crippen molar-refractivity contribution in [2.45, 2.75) is 77.4 Å². The molecule has 4 saturated carbocycles. The molecule has 4 nitrogen and oxygen atoms in total. The number of carbonyl (C=O) groups excluding carboxylic acids is 2. The predicted octanol–water partition coefficient (Wildman–Crippen LogP) is 4.27. The van der Waals surface area contributed by atoms with Crippen LogP contribution in [-0.4, -0.2) is 24.0 Å². The van der Waals surface area contributed by atoms with E-state index in [2.05, 4.69) is 17.4 Å². The standard InChI is InChI=1S/C24H33NO3/c1-16(8-9-18-6-4-3-5-7-18)25-22(26)17(2)28-23(27)24-13-19-10-20(14-24)12-21(11-19)15-24/h3-7,16-17,19-21H,8-15H2,1-2H3,(H,25,26)/t16-,17-,19?,20?,21?,24?/m1/s1. The van der Waals surface area contributed by atoms with E-state index in [-0.39, 0.29) is 23.3 Å². The molecule has 0 aliphatic heterocycles. The highest BCUT2D eigenvalue weighted by molar-refractivity contribution is 5.85. The summed E-state index contributed by atoms with van der Waals surface area (Å²) >= 11 is 0. The van der Waals surface area contributed by atoms with Crippen LogP contribution in [0.5, 0.6) is 0 Å². The summed E-state index contributed by atoms with van der Waals surface area (Å²) in [5, 5.41) is 3.01. The minimum atomic E-state index is -0.723. The highest BCUT2D eigenvalue weighted by atomic mass is 16.5. The lowest BCUT2D eigenvalue weighted by Crippen LogP contribution is -2.52. The van der Waals surface area contributed by atoms with E-state index in [1.807, 2.05) is 25.1 Å². The number of aryl methyl sites for hydroxylation is 1. The number of nitrogens with one attached hydrogen (secondary N) is 1. The summed E-state index contributed by atoms with van der Waals surface area (Å²) in [6, 6.07) is 10.3. The Morgan fingerprint density at radius 3 is 2.18 bits per heavy atom. The van der Waals surface area contributed by atoms with Gasteiger partial charge >= 0.3 is 5.97 Å². The van der Waals surface area contributed by atoms with Crippen LogP contribution in [0.4, 0.5) is 0 Å². The smallest absolute Gasteiger partial charge is 0.312 e. The molecular weight excluding hydrogens is 350 g/mol. The summed E-state index contributed by atoms with van der Waals surface area (Å²) in [6.45, 7) is 3.71. The first-order chi connectivity index (χ1) is 13.4. The Balaban J connectivity index is 1.26. The average Bonchev–Trinajstić information content (AvgIpc) is 2.66. The van der Waals surface area contributed by atoms with Crippen LogP contribution in [0.2, 0.25) is 0 Å². The molecule has 0 saturated heterocycles. The number of hydrogen-bond donors (Lipinski definition) is 1. The second kappa shape index (κ2) is 7.88. The third kappa shape index (κ3) is 4.11. The largest absolute Gasteiger partial charge is 0.452 e. The lowest BCUT2D eigenvalue weighted by molar-refractivity contribution is -0.178. The molecule has 0 aromatic heterocycles. The van der Waals surface area contributed by atoms with Gasteiger partial charge in [-0.2, -0.15) is 0 Å². The van der Waals surface area contributed by atoms with Gasteiger partial charge in [0.1, 0.15) is 0 Å². The molecule has 5 rings (SSSR count). The minimum Gasteiger partial charge on any atom is -0.452 e. The number of amides is 1. The summed E-state index contributed by atoms with van der Waals surface area (Å²) in [5.74, 6) is 1.78. The lowest BCUT2D eigenvalue weighted by Gasteiger charge is -2.55. The molecule has 2 atom stereocenters. The summed E-state index contributed by atoms with van der Waals surface area (Å²) < 4.78 is 5.71. The van der Waals surface area contributed by atoms with Gasteiger partial charge in [-0.25, -0.2) is 0 Å². The van der Waals surface area contributed by atoms with Crippen LogP contribution in [0, 0.1) is 23.2 Å². The Kier molecular flexibility index (Phi) is 5.48. The van der Waals surface area contributed by atoms with Crippen molar-refractivity contribution in [2.75, 3.05) is 0 Å². The zero-order valence-corrected chi connectivity index (χ0v) is 17.2. The lowest BCUT2D eigenvalue weighted by atomic mass is 9.49. The molecule has 1 aromatic carbocycles. The van der Waals surface area contributed by atoms with Gasteiger partial charge < -0.3 is 10.1 Å². The highest BCUT2D eigenvalue weighted by Crippen LogP contribution is 2.60. The van der Waals surface area contributed by atoms with E-state index in [1.165, 1.54) is 24.8 Å². The van der Waals surface area contributed by atoms with Crippen LogP contribution >= 0.6 is 0 Å². The Hall–Kier alpha value is -1.84. The molecule has 0 heterocycles. The topological polar surface area (TPSA) is 55.4 Å². The summed E-state index contributed by atoms with van der Waals surface area (Å²) in [7, 11) is 0. The molecule has 4 aliphatic rings. The number of esters is 1. The van der Waals surface area contributed by atoms with E-state index in [4.69, 9.17) is 4.74 Å². The summed E-state index contributed by atoms with van der Waals surface area (Å²) in [6.07, 6.45) is 7.86. The molecule has 4 bridgehead atoms. The van der Waals surface area contributed by atoms with Gasteiger partial charge in [-0.05, 0) is 88.5 Å². The third-order valence-electron chi connectivity index (χ3n) is 7.22. The Morgan fingerprint density at radius 2 is 1.61 bits per heavy atom. The van der Waals surface area contributed by atoms with Crippen LogP contribution in [0.3, 0.4) is 0 Å². The molecule has 28 heavy (non-hydrogen) atoms. The molecule has 152 valence electrons. The quantitative estimate of drug-likeness (QED) is 0.715. The number of ether oxygens (including phenoxy) is 1. The second-order valence-corrected chi connectivity index (χ2v) is 9.68. The number of rotatable bonds is 7. The number of carbonyl (C=O) groups is 2. The maximum absolute atomic E-state index is 13.0. The fourth-order valence-corrected chi connectivity index (χ4v) is 6.16. The van der Waals surface area contributed by atoms with Crippen LogP contribution < -0.4 is 5.32 Å². The van der Waals surface area contributed by atoms with Gasteiger partial charge in [0, 0.05) is 6.04 Å². The van der Waals surface area contributed by atoms with Crippen molar-refractivity contribution in [3.05, 3.63) is 35.9 Å². The highest BCUT2D eigenvalue weighted by Gasteiger charge is 2.55. The van der Waals surface area contributed by atoms with E-state index in [9.17, 15) is 9.59 Å². The van der Waals surface area contributed by atoms with Crippen molar-refractivity contribution in [1.82, 2.24) is 5.32 Å². The van der Waals surface area contributed by atoms with Crippen molar-refractivity contribution >= 4 is 11.9 Å². The normalized spacial score (nSPS) is 32.6. The van der Waals surface area contributed by atoms with Crippen LogP contribution in [-0.2, 0) is 20.7 Å². The van der Waals surface area contributed by atoms with Crippen molar-refractivity contribution in [3.8, 4) is 0 Å². The number of benzene rings is 1. The Labute approximate surface area is 168 Å². The van der Waals surface area contributed by atoms with Gasteiger partial charge in [-0.15, -0.1) is 0 Å². The van der Waals surface area contributed by atoms with Crippen molar-refractivity contribution < 1.29 is 14.3 Å². The summed E-state index contributed by atoms with van der Waals surface area (Å²) in [5.41, 5.74) is 0.965. The zero-order valence-electron chi connectivity index (χ0n) is 17.2. The molecule has 4 aliphatic carbocycles. The third-order valence-corrected chi connectivity index (χ3v) is 7.22. The minimum absolute atomic E-state index is 0.0495. The van der Waals surface area contributed by atoms with Crippen molar-refractivity contribution in [3.63, 3.8) is 0 Å². The SMILES string of the molecule is C[C@H](CCc1ccccc1)NC(=O)[C@@H](C)OC(=O)C12CC3CC(CC(C3)C1)C2.